The maximum atomic E-state index is 12.8. The maximum absolute atomic E-state index is 12.8. The summed E-state index contributed by atoms with van der Waals surface area (Å²) in [6, 6.07) is 14.8. The molecule has 1 fully saturated rings. The first-order valence-corrected chi connectivity index (χ1v) is 11.4. The number of carboxylic acid groups (broad SMARTS) is 1. The van der Waals surface area contributed by atoms with Gasteiger partial charge >= 0.3 is 12.1 Å². The molecule has 34 heavy (non-hydrogen) atoms. The molecule has 0 spiro atoms. The molecule has 9 heteroatoms. The van der Waals surface area contributed by atoms with E-state index in [-0.39, 0.29) is 19.1 Å². The average Bonchev–Trinajstić information content (AvgIpc) is 3.15. The summed E-state index contributed by atoms with van der Waals surface area (Å²) in [5, 5.41) is 16.3. The van der Waals surface area contributed by atoms with Gasteiger partial charge in [-0.05, 0) is 27.8 Å². The van der Waals surface area contributed by atoms with Crippen molar-refractivity contribution in [2.75, 3.05) is 40.3 Å². The predicted molar refractivity (Wildman–Crippen MR) is 127 cm³/mol. The van der Waals surface area contributed by atoms with Gasteiger partial charge in [-0.2, -0.15) is 0 Å². The summed E-state index contributed by atoms with van der Waals surface area (Å²) in [4.78, 5) is 27.9. The number of carboxylic acids is 1. The van der Waals surface area contributed by atoms with Crippen molar-refractivity contribution in [1.82, 2.24) is 5.32 Å². The van der Waals surface area contributed by atoms with Gasteiger partial charge in [-0.1, -0.05) is 53.6 Å². The second kappa shape index (κ2) is 9.37. The molecule has 2 aliphatic rings. The second-order valence-corrected chi connectivity index (χ2v) is 9.88. The lowest BCUT2D eigenvalue weighted by atomic mass is 9.71. The van der Waals surface area contributed by atoms with Gasteiger partial charge in [0, 0.05) is 35.6 Å². The Hall–Kier alpha value is -3.55. The molecular weight excluding hydrogens is 434 g/mol. The molecule has 2 aromatic carbocycles. The molecule has 0 unspecified atom stereocenters. The largest absolute Gasteiger partial charge is 0.480 e. The van der Waals surface area contributed by atoms with E-state index in [1.807, 2.05) is 36.4 Å². The Morgan fingerprint density at radius 3 is 2.24 bits per heavy atom. The number of aliphatic carboxylic acids is 1. The number of rotatable bonds is 7. The van der Waals surface area contributed by atoms with Crippen LogP contribution in [0.2, 0.25) is 0 Å². The standard InChI is InChI=1S/C25H29N5O4/c1-30(2)13-11-25(12-14-30,16-27-29-26)22(23(31)32)28-24(33)34-15-21-19-9-5-3-7-17(19)18-8-4-6-10-20(18)21/h3-10,21-22H,11-16H2,1-2H3,(H-,28,31,32,33)/p+1/t22-/m1/s1. The van der Waals surface area contributed by atoms with Crippen molar-refractivity contribution in [1.29, 1.82) is 0 Å². The molecular formula is C25H30N5O4+. The molecule has 0 saturated carbocycles. The van der Waals surface area contributed by atoms with Crippen LogP contribution in [0.5, 0.6) is 0 Å². The number of fused-ring (bicyclic) bond motifs is 3. The Kier molecular flexibility index (Phi) is 6.50. The fourth-order valence-corrected chi connectivity index (χ4v) is 5.23. The molecule has 1 heterocycles. The number of quaternary nitrogens is 1. The van der Waals surface area contributed by atoms with Gasteiger partial charge in [0.25, 0.3) is 0 Å². The van der Waals surface area contributed by atoms with E-state index in [2.05, 4.69) is 41.6 Å². The molecule has 178 valence electrons. The average molecular weight is 465 g/mol. The number of piperidine rings is 1. The highest BCUT2D eigenvalue weighted by Gasteiger charge is 2.48. The van der Waals surface area contributed by atoms with Crippen molar-refractivity contribution in [3.63, 3.8) is 0 Å². The highest BCUT2D eigenvalue weighted by Crippen LogP contribution is 2.44. The van der Waals surface area contributed by atoms with E-state index < -0.39 is 23.5 Å². The van der Waals surface area contributed by atoms with Crippen LogP contribution in [0, 0.1) is 5.41 Å². The Morgan fingerprint density at radius 2 is 1.71 bits per heavy atom. The van der Waals surface area contributed by atoms with E-state index in [0.29, 0.717) is 12.8 Å². The van der Waals surface area contributed by atoms with E-state index in [9.17, 15) is 14.7 Å². The van der Waals surface area contributed by atoms with Crippen LogP contribution in [0.15, 0.2) is 53.6 Å². The van der Waals surface area contributed by atoms with Crippen LogP contribution in [0.3, 0.4) is 0 Å². The van der Waals surface area contributed by atoms with E-state index in [1.54, 1.807) is 0 Å². The first-order valence-electron chi connectivity index (χ1n) is 11.4. The molecule has 1 aliphatic heterocycles. The zero-order chi connectivity index (χ0) is 24.3. The summed E-state index contributed by atoms with van der Waals surface area (Å²) in [6.07, 6.45) is 0.244. The fourth-order valence-electron chi connectivity index (χ4n) is 5.23. The number of azide groups is 1. The maximum Gasteiger partial charge on any atom is 0.407 e. The lowest BCUT2D eigenvalue weighted by molar-refractivity contribution is -0.897. The molecule has 1 aliphatic carbocycles. The summed E-state index contributed by atoms with van der Waals surface area (Å²) in [5.41, 5.74) is 12.4. The van der Waals surface area contributed by atoms with Crippen LogP contribution in [-0.2, 0) is 9.53 Å². The van der Waals surface area contributed by atoms with Crippen LogP contribution >= 0.6 is 0 Å². The van der Waals surface area contributed by atoms with Crippen LogP contribution in [0.4, 0.5) is 4.79 Å². The molecule has 1 amide bonds. The summed E-state index contributed by atoms with van der Waals surface area (Å²) >= 11 is 0. The number of ether oxygens (including phenoxy) is 1. The number of nitrogens with one attached hydrogen (secondary N) is 1. The van der Waals surface area contributed by atoms with Crippen LogP contribution in [0.25, 0.3) is 21.6 Å². The molecule has 9 nitrogen and oxygen atoms in total. The minimum absolute atomic E-state index is 0.00409. The highest BCUT2D eigenvalue weighted by atomic mass is 16.5. The number of likely N-dealkylation sites (tertiary alicyclic amines) is 1. The first-order chi connectivity index (χ1) is 16.3. The zero-order valence-electron chi connectivity index (χ0n) is 19.5. The van der Waals surface area contributed by atoms with E-state index in [0.717, 1.165) is 39.8 Å². The van der Waals surface area contributed by atoms with Crippen LogP contribution in [-0.4, -0.2) is 68.0 Å². The van der Waals surface area contributed by atoms with Crippen molar-refractivity contribution in [3.05, 3.63) is 70.1 Å². The smallest absolute Gasteiger partial charge is 0.407 e. The SMILES string of the molecule is C[N+]1(C)CCC(CN=[N+]=[N-])([C@H](NC(=O)OCC2c3ccccc3-c3ccccc32)C(=O)O)CC1. The highest BCUT2D eigenvalue weighted by molar-refractivity contribution is 5.81. The van der Waals surface area contributed by atoms with Crippen molar-refractivity contribution in [2.24, 2.45) is 10.5 Å². The Morgan fingerprint density at radius 1 is 1.15 bits per heavy atom. The second-order valence-electron chi connectivity index (χ2n) is 9.88. The van der Waals surface area contributed by atoms with Gasteiger partial charge in [0.2, 0.25) is 0 Å². The molecule has 1 saturated heterocycles. The first kappa shape index (κ1) is 23.6. The van der Waals surface area contributed by atoms with Gasteiger partial charge < -0.3 is 19.6 Å². The molecule has 1 atom stereocenters. The lowest BCUT2D eigenvalue weighted by Crippen LogP contribution is -2.60. The molecule has 2 aromatic rings. The van der Waals surface area contributed by atoms with E-state index in [1.165, 1.54) is 0 Å². The summed E-state index contributed by atoms with van der Waals surface area (Å²) < 4.78 is 6.33. The van der Waals surface area contributed by atoms with Crippen molar-refractivity contribution >= 4 is 12.1 Å². The number of nitrogens with zero attached hydrogens (tertiary/aromatic N) is 4. The van der Waals surface area contributed by atoms with Crippen molar-refractivity contribution < 1.29 is 23.9 Å². The zero-order valence-corrected chi connectivity index (χ0v) is 19.5. The topological polar surface area (TPSA) is 124 Å². The van der Waals surface area contributed by atoms with Gasteiger partial charge in [0.15, 0.2) is 0 Å². The normalized spacial score (nSPS) is 18.6. The molecule has 0 radical (unpaired) electrons. The number of carbonyl (C=O) groups excluding carboxylic acids is 1. The lowest BCUT2D eigenvalue weighted by Gasteiger charge is -2.46. The van der Waals surface area contributed by atoms with Gasteiger partial charge in [-0.25, -0.2) is 9.59 Å². The minimum Gasteiger partial charge on any atom is -0.480 e. The molecule has 0 bridgehead atoms. The minimum atomic E-state index is -1.21. The Balaban J connectivity index is 1.50. The third-order valence-corrected chi connectivity index (χ3v) is 7.34. The predicted octanol–water partition coefficient (Wildman–Crippen LogP) is 4.15. The van der Waals surface area contributed by atoms with Gasteiger partial charge in [-0.15, -0.1) is 0 Å². The third kappa shape index (κ3) is 4.58. The number of benzene rings is 2. The Bertz CT molecular complexity index is 1090. The number of carbonyl (C=O) groups is 2. The Labute approximate surface area is 198 Å². The number of hydrogen-bond acceptors (Lipinski definition) is 4. The number of amides is 1. The van der Waals surface area contributed by atoms with Crippen LogP contribution < -0.4 is 5.32 Å². The summed E-state index contributed by atoms with van der Waals surface area (Å²) in [5.74, 6) is -1.28. The van der Waals surface area contributed by atoms with Gasteiger partial charge in [0.05, 0.1) is 27.2 Å². The monoisotopic (exact) mass is 464 g/mol. The molecule has 2 N–H and O–H groups in total. The third-order valence-electron chi connectivity index (χ3n) is 7.34. The van der Waals surface area contributed by atoms with Crippen molar-refractivity contribution in [3.8, 4) is 11.1 Å². The number of alkyl carbamates (subject to hydrolysis) is 1. The van der Waals surface area contributed by atoms with Crippen molar-refractivity contribution in [2.45, 2.75) is 24.8 Å². The summed E-state index contributed by atoms with van der Waals surface area (Å²) in [6.45, 7) is 1.54. The molecule has 0 aromatic heterocycles. The van der Waals surface area contributed by atoms with Gasteiger partial charge in [0.1, 0.15) is 12.6 Å². The molecule has 4 rings (SSSR count). The quantitative estimate of drug-likeness (QED) is 0.276. The fraction of sp³-hybridized carbons (Fsp3) is 0.440. The number of hydrogen-bond donors (Lipinski definition) is 2. The van der Waals surface area contributed by atoms with Gasteiger partial charge in [-0.3, -0.25) is 0 Å². The van der Waals surface area contributed by atoms with Crippen LogP contribution in [0.1, 0.15) is 29.9 Å². The van der Waals surface area contributed by atoms with E-state index in [4.69, 9.17) is 10.3 Å². The van der Waals surface area contributed by atoms with E-state index >= 15 is 0 Å². The summed E-state index contributed by atoms with van der Waals surface area (Å²) in [7, 11) is 4.15.